The number of nitrogens with one attached hydrogen (secondary N) is 3. The first-order chi connectivity index (χ1) is 14.1. The lowest BCUT2D eigenvalue weighted by Gasteiger charge is -2.17. The molecule has 0 bridgehead atoms. The Hall–Kier alpha value is -2.70. The molecule has 0 unspecified atom stereocenters. The molecule has 29 heavy (non-hydrogen) atoms. The van der Waals surface area contributed by atoms with E-state index in [1.54, 1.807) is 18.3 Å². The molecule has 1 fully saturated rings. The maximum atomic E-state index is 12.6. The molecule has 3 aromatic rings. The zero-order valence-electron chi connectivity index (χ0n) is 16.4. The molecule has 5 nitrogen and oxygen atoms in total. The lowest BCUT2D eigenvalue weighted by atomic mass is 9.96. The quantitative estimate of drug-likeness (QED) is 0.588. The van der Waals surface area contributed by atoms with Crippen LogP contribution in [0.3, 0.4) is 0 Å². The fraction of sp³-hybridized carbons (Fsp3) is 0.304. The number of hydrogen-bond acceptors (Lipinski definition) is 4. The molecule has 1 aromatic heterocycles. The van der Waals surface area contributed by atoms with E-state index in [1.807, 2.05) is 24.3 Å². The van der Waals surface area contributed by atoms with E-state index in [-0.39, 0.29) is 17.9 Å². The highest BCUT2D eigenvalue weighted by atomic mass is 32.1. The molecule has 1 aliphatic heterocycles. The summed E-state index contributed by atoms with van der Waals surface area (Å²) in [5.41, 5.74) is 2.29. The van der Waals surface area contributed by atoms with Gasteiger partial charge in [0.1, 0.15) is 6.04 Å². The molecule has 0 saturated carbocycles. The summed E-state index contributed by atoms with van der Waals surface area (Å²) in [4.78, 5) is 25.0. The highest BCUT2D eigenvalue weighted by Crippen LogP contribution is 2.25. The van der Waals surface area contributed by atoms with Crippen LogP contribution in [-0.2, 0) is 16.1 Å². The maximum absolute atomic E-state index is 12.6. The van der Waals surface area contributed by atoms with E-state index < -0.39 is 6.04 Å². The smallest absolute Gasteiger partial charge is 0.242 e. The average molecular weight is 408 g/mol. The molecule has 0 radical (unpaired) electrons. The SMILES string of the molecule is C[C@H](NC(=O)[C@H]1C[C@H](c2ccccc2)CN1)C(=O)NCc1ccc2sccc2c1. The summed E-state index contributed by atoms with van der Waals surface area (Å²) in [6, 6.07) is 17.6. The summed E-state index contributed by atoms with van der Waals surface area (Å²) in [7, 11) is 0. The van der Waals surface area contributed by atoms with Crippen molar-refractivity contribution in [1.29, 1.82) is 0 Å². The van der Waals surface area contributed by atoms with Crippen LogP contribution < -0.4 is 16.0 Å². The van der Waals surface area contributed by atoms with E-state index in [4.69, 9.17) is 0 Å². The summed E-state index contributed by atoms with van der Waals surface area (Å²) < 4.78 is 1.23. The van der Waals surface area contributed by atoms with Crippen LogP contribution in [0.4, 0.5) is 0 Å². The van der Waals surface area contributed by atoms with Crippen molar-refractivity contribution in [2.45, 2.75) is 37.9 Å². The minimum atomic E-state index is -0.579. The Bertz CT molecular complexity index is 1000. The summed E-state index contributed by atoms with van der Waals surface area (Å²) in [6.45, 7) is 2.94. The molecule has 150 valence electrons. The highest BCUT2D eigenvalue weighted by Gasteiger charge is 2.31. The summed E-state index contributed by atoms with van der Waals surface area (Å²) in [6.07, 6.45) is 0.741. The summed E-state index contributed by atoms with van der Waals surface area (Å²) in [5.74, 6) is 0.0234. The van der Waals surface area contributed by atoms with Gasteiger partial charge in [0.15, 0.2) is 0 Å². The molecule has 2 aromatic carbocycles. The normalized spacial score (nSPS) is 19.8. The molecule has 2 amide bonds. The number of benzene rings is 2. The largest absolute Gasteiger partial charge is 0.350 e. The number of thiophene rings is 1. The van der Waals surface area contributed by atoms with Crippen molar-refractivity contribution in [3.8, 4) is 0 Å². The van der Waals surface area contributed by atoms with E-state index in [9.17, 15) is 9.59 Å². The predicted octanol–water partition coefficient (Wildman–Crippen LogP) is 3.17. The Kier molecular flexibility index (Phi) is 5.92. The van der Waals surface area contributed by atoms with Crippen molar-refractivity contribution in [2.75, 3.05) is 6.54 Å². The number of hydrogen-bond donors (Lipinski definition) is 3. The van der Waals surface area contributed by atoms with Gasteiger partial charge in [0.2, 0.25) is 11.8 Å². The average Bonchev–Trinajstić information content (AvgIpc) is 3.41. The van der Waals surface area contributed by atoms with Crippen LogP contribution in [0, 0.1) is 0 Å². The zero-order valence-corrected chi connectivity index (χ0v) is 17.2. The van der Waals surface area contributed by atoms with Crippen LogP contribution in [-0.4, -0.2) is 30.4 Å². The van der Waals surface area contributed by atoms with E-state index in [0.29, 0.717) is 12.5 Å². The van der Waals surface area contributed by atoms with Crippen LogP contribution in [0.5, 0.6) is 0 Å². The molecule has 2 heterocycles. The van der Waals surface area contributed by atoms with Crippen LogP contribution in [0.2, 0.25) is 0 Å². The molecular weight excluding hydrogens is 382 g/mol. The van der Waals surface area contributed by atoms with Crippen LogP contribution in [0.25, 0.3) is 10.1 Å². The summed E-state index contributed by atoms with van der Waals surface area (Å²) >= 11 is 1.70. The lowest BCUT2D eigenvalue weighted by Crippen LogP contribution is -2.49. The number of amides is 2. The highest BCUT2D eigenvalue weighted by molar-refractivity contribution is 7.17. The van der Waals surface area contributed by atoms with Gasteiger partial charge in [0.05, 0.1) is 6.04 Å². The Morgan fingerprint density at radius 1 is 1.17 bits per heavy atom. The molecule has 6 heteroatoms. The van der Waals surface area contributed by atoms with E-state index in [2.05, 4.69) is 51.7 Å². The third-order valence-corrected chi connectivity index (χ3v) is 6.35. The van der Waals surface area contributed by atoms with Crippen molar-refractivity contribution in [2.24, 2.45) is 0 Å². The minimum absolute atomic E-state index is 0.120. The number of fused-ring (bicyclic) bond motifs is 1. The van der Waals surface area contributed by atoms with Crippen molar-refractivity contribution < 1.29 is 9.59 Å². The lowest BCUT2D eigenvalue weighted by molar-refractivity contribution is -0.129. The second-order valence-electron chi connectivity index (χ2n) is 7.55. The third kappa shape index (κ3) is 4.66. The molecule has 3 N–H and O–H groups in total. The van der Waals surface area contributed by atoms with Gasteiger partial charge in [-0.2, -0.15) is 0 Å². The van der Waals surface area contributed by atoms with Crippen LogP contribution >= 0.6 is 11.3 Å². The number of carbonyl (C=O) groups is 2. The first kappa shape index (κ1) is 19.6. The Morgan fingerprint density at radius 2 is 2.00 bits per heavy atom. The molecule has 4 rings (SSSR count). The monoisotopic (exact) mass is 407 g/mol. The third-order valence-electron chi connectivity index (χ3n) is 5.45. The molecule has 0 aliphatic carbocycles. The van der Waals surface area contributed by atoms with Gasteiger partial charge in [0, 0.05) is 17.8 Å². The van der Waals surface area contributed by atoms with Crippen LogP contribution in [0.1, 0.15) is 30.4 Å². The van der Waals surface area contributed by atoms with Crippen molar-refractivity contribution >= 4 is 33.2 Å². The van der Waals surface area contributed by atoms with Gasteiger partial charge in [-0.25, -0.2) is 0 Å². The van der Waals surface area contributed by atoms with Crippen molar-refractivity contribution in [1.82, 2.24) is 16.0 Å². The van der Waals surface area contributed by atoms with Gasteiger partial charge in [-0.3, -0.25) is 9.59 Å². The molecular formula is C23H25N3O2S. The van der Waals surface area contributed by atoms with Crippen LogP contribution in [0.15, 0.2) is 60.0 Å². The van der Waals surface area contributed by atoms with Gasteiger partial charge in [-0.15, -0.1) is 11.3 Å². The van der Waals surface area contributed by atoms with E-state index in [1.165, 1.54) is 15.6 Å². The van der Waals surface area contributed by atoms with Gasteiger partial charge in [-0.1, -0.05) is 36.4 Å². The predicted molar refractivity (Wildman–Crippen MR) is 117 cm³/mol. The van der Waals surface area contributed by atoms with Crippen molar-refractivity contribution in [3.05, 3.63) is 71.1 Å². The molecule has 0 spiro atoms. The fourth-order valence-electron chi connectivity index (χ4n) is 3.76. The van der Waals surface area contributed by atoms with Crippen molar-refractivity contribution in [3.63, 3.8) is 0 Å². The van der Waals surface area contributed by atoms with E-state index >= 15 is 0 Å². The van der Waals surface area contributed by atoms with Gasteiger partial charge in [-0.05, 0) is 59.4 Å². The van der Waals surface area contributed by atoms with Gasteiger partial charge >= 0.3 is 0 Å². The first-order valence-corrected chi connectivity index (χ1v) is 10.8. The Labute approximate surface area is 174 Å². The first-order valence-electron chi connectivity index (χ1n) is 9.92. The molecule has 3 atom stereocenters. The zero-order chi connectivity index (χ0) is 20.2. The number of carbonyl (C=O) groups excluding carboxylic acids is 2. The standard InChI is InChI=1S/C23H25N3O2S/c1-15(22(27)25-13-16-7-8-21-18(11-16)9-10-29-21)26-23(28)20-12-19(14-24-20)17-5-3-2-4-6-17/h2-11,15,19-20,24H,12-14H2,1H3,(H,25,27)(H,26,28)/t15-,19-,20+/m0/s1. The Balaban J connectivity index is 1.26. The second kappa shape index (κ2) is 8.76. The minimum Gasteiger partial charge on any atom is -0.350 e. The Morgan fingerprint density at radius 3 is 2.83 bits per heavy atom. The van der Waals surface area contributed by atoms with Gasteiger partial charge < -0.3 is 16.0 Å². The fourth-order valence-corrected chi connectivity index (χ4v) is 4.53. The topological polar surface area (TPSA) is 70.2 Å². The molecule has 1 saturated heterocycles. The maximum Gasteiger partial charge on any atom is 0.242 e. The molecule has 1 aliphatic rings. The number of rotatable bonds is 6. The summed E-state index contributed by atoms with van der Waals surface area (Å²) in [5, 5.41) is 12.3. The van der Waals surface area contributed by atoms with E-state index in [0.717, 1.165) is 18.5 Å². The second-order valence-corrected chi connectivity index (χ2v) is 8.49. The van der Waals surface area contributed by atoms with Gasteiger partial charge in [0.25, 0.3) is 0 Å².